The molecule has 0 aromatic heterocycles. The SMILES string of the molecule is O=C(NCc1ccccc1)C1C2C3C=CC(C3)C2CN1C(=O)c1ccccc1. The minimum absolute atomic E-state index is 0.0263. The summed E-state index contributed by atoms with van der Waals surface area (Å²) in [4.78, 5) is 28.3. The fourth-order valence-corrected chi connectivity index (χ4v) is 5.40. The molecule has 142 valence electrons. The van der Waals surface area contributed by atoms with Gasteiger partial charge in [0.05, 0.1) is 0 Å². The lowest BCUT2D eigenvalue weighted by atomic mass is 9.81. The van der Waals surface area contributed by atoms with Crippen molar-refractivity contribution in [1.29, 1.82) is 0 Å². The Morgan fingerprint density at radius 1 is 0.929 bits per heavy atom. The predicted molar refractivity (Wildman–Crippen MR) is 107 cm³/mol. The molecule has 1 aliphatic heterocycles. The van der Waals surface area contributed by atoms with Gasteiger partial charge in [-0.05, 0) is 47.8 Å². The third-order valence-corrected chi connectivity index (χ3v) is 6.66. The minimum atomic E-state index is -0.388. The van der Waals surface area contributed by atoms with Crippen LogP contribution in [0.2, 0.25) is 0 Å². The molecule has 4 nitrogen and oxygen atoms in total. The van der Waals surface area contributed by atoms with Crippen LogP contribution in [0.25, 0.3) is 0 Å². The van der Waals surface area contributed by atoms with E-state index in [9.17, 15) is 9.59 Å². The fourth-order valence-electron chi connectivity index (χ4n) is 5.40. The van der Waals surface area contributed by atoms with E-state index in [4.69, 9.17) is 0 Å². The number of carbonyl (C=O) groups excluding carboxylic acids is 2. The van der Waals surface area contributed by atoms with E-state index in [0.29, 0.717) is 36.4 Å². The van der Waals surface area contributed by atoms with Gasteiger partial charge < -0.3 is 10.2 Å². The standard InChI is InChI=1S/C24H24N2O2/c27-23(25-14-16-7-3-1-4-8-16)22-21-19-12-11-18(13-19)20(21)15-26(22)24(28)17-9-5-2-6-10-17/h1-12,18-22H,13-15H2,(H,25,27). The molecular weight excluding hydrogens is 348 g/mol. The van der Waals surface area contributed by atoms with Crippen molar-refractivity contribution in [2.24, 2.45) is 23.7 Å². The molecule has 1 N–H and O–H groups in total. The molecule has 0 radical (unpaired) electrons. The van der Waals surface area contributed by atoms with Crippen molar-refractivity contribution in [3.05, 3.63) is 83.9 Å². The van der Waals surface area contributed by atoms with Gasteiger partial charge in [0.15, 0.2) is 0 Å². The van der Waals surface area contributed by atoms with E-state index in [-0.39, 0.29) is 23.8 Å². The Bertz CT molecular complexity index is 909. The normalized spacial score (nSPS) is 29.7. The lowest BCUT2D eigenvalue weighted by Crippen LogP contribution is -2.49. The first-order valence-electron chi connectivity index (χ1n) is 10.1. The van der Waals surface area contributed by atoms with E-state index in [1.165, 1.54) is 0 Å². The molecule has 1 heterocycles. The van der Waals surface area contributed by atoms with Gasteiger partial charge in [-0.2, -0.15) is 0 Å². The average molecular weight is 372 g/mol. The monoisotopic (exact) mass is 372 g/mol. The zero-order valence-corrected chi connectivity index (χ0v) is 15.7. The maximum absolute atomic E-state index is 13.3. The zero-order chi connectivity index (χ0) is 19.1. The molecule has 28 heavy (non-hydrogen) atoms. The van der Waals surface area contributed by atoms with Crippen LogP contribution in [0, 0.1) is 23.7 Å². The highest BCUT2D eigenvalue weighted by Crippen LogP contribution is 2.54. The number of nitrogens with one attached hydrogen (secondary N) is 1. The summed E-state index contributed by atoms with van der Waals surface area (Å²) in [5.41, 5.74) is 1.72. The molecule has 5 atom stereocenters. The predicted octanol–water partition coefficient (Wildman–Crippen LogP) is 3.27. The second-order valence-electron chi connectivity index (χ2n) is 8.16. The van der Waals surface area contributed by atoms with Crippen LogP contribution in [0.3, 0.4) is 0 Å². The van der Waals surface area contributed by atoms with E-state index >= 15 is 0 Å². The highest BCUT2D eigenvalue weighted by atomic mass is 16.2. The summed E-state index contributed by atoms with van der Waals surface area (Å²) in [7, 11) is 0. The number of rotatable bonds is 4. The van der Waals surface area contributed by atoms with Gasteiger partial charge in [-0.1, -0.05) is 60.7 Å². The lowest BCUT2D eigenvalue weighted by Gasteiger charge is -2.29. The Kier molecular flexibility index (Phi) is 4.27. The first kappa shape index (κ1) is 17.2. The number of nitrogens with zero attached hydrogens (tertiary/aromatic N) is 1. The van der Waals surface area contributed by atoms with Crippen LogP contribution >= 0.6 is 0 Å². The van der Waals surface area contributed by atoms with Gasteiger partial charge in [0.25, 0.3) is 5.91 Å². The quantitative estimate of drug-likeness (QED) is 0.838. The summed E-state index contributed by atoms with van der Waals surface area (Å²) < 4.78 is 0. The van der Waals surface area contributed by atoms with Crippen LogP contribution in [0.4, 0.5) is 0 Å². The number of likely N-dealkylation sites (tertiary alicyclic amines) is 1. The molecule has 2 bridgehead atoms. The van der Waals surface area contributed by atoms with Crippen molar-refractivity contribution in [1.82, 2.24) is 10.2 Å². The first-order valence-corrected chi connectivity index (χ1v) is 10.1. The van der Waals surface area contributed by atoms with E-state index in [1.807, 2.05) is 65.6 Å². The number of carbonyl (C=O) groups is 2. The maximum Gasteiger partial charge on any atom is 0.254 e. The largest absolute Gasteiger partial charge is 0.350 e. The Labute approximate surface area is 165 Å². The highest BCUT2D eigenvalue weighted by Gasteiger charge is 2.57. The van der Waals surface area contributed by atoms with Gasteiger partial charge in [-0.3, -0.25) is 9.59 Å². The Morgan fingerprint density at radius 2 is 1.61 bits per heavy atom. The Morgan fingerprint density at radius 3 is 2.36 bits per heavy atom. The minimum Gasteiger partial charge on any atom is -0.350 e. The lowest BCUT2D eigenvalue weighted by molar-refractivity contribution is -0.126. The molecule has 0 spiro atoms. The maximum atomic E-state index is 13.3. The number of hydrogen-bond acceptors (Lipinski definition) is 2. The van der Waals surface area contributed by atoms with Crippen molar-refractivity contribution in [3.8, 4) is 0 Å². The molecule has 1 saturated carbocycles. The topological polar surface area (TPSA) is 49.4 Å². The molecule has 3 aliphatic rings. The number of fused-ring (bicyclic) bond motifs is 5. The number of benzene rings is 2. The first-order chi connectivity index (χ1) is 13.7. The molecule has 4 heteroatoms. The van der Waals surface area contributed by atoms with E-state index in [2.05, 4.69) is 17.5 Å². The fraction of sp³-hybridized carbons (Fsp3) is 0.333. The second-order valence-corrected chi connectivity index (χ2v) is 8.16. The van der Waals surface area contributed by atoms with Gasteiger partial charge in [0, 0.05) is 18.7 Å². The molecule has 2 aromatic carbocycles. The van der Waals surface area contributed by atoms with Crippen molar-refractivity contribution < 1.29 is 9.59 Å². The van der Waals surface area contributed by atoms with Gasteiger partial charge in [0.1, 0.15) is 6.04 Å². The summed E-state index contributed by atoms with van der Waals surface area (Å²) in [6, 6.07) is 18.9. The van der Waals surface area contributed by atoms with Crippen molar-refractivity contribution in [3.63, 3.8) is 0 Å². The molecule has 2 fully saturated rings. The third kappa shape index (κ3) is 2.84. The van der Waals surface area contributed by atoms with Crippen LogP contribution in [0.1, 0.15) is 22.3 Å². The van der Waals surface area contributed by atoms with Crippen molar-refractivity contribution >= 4 is 11.8 Å². The molecule has 5 rings (SSSR count). The second kappa shape index (κ2) is 6.93. The molecular formula is C24H24N2O2. The summed E-state index contributed by atoms with van der Waals surface area (Å²) in [6.07, 6.45) is 5.69. The van der Waals surface area contributed by atoms with Gasteiger partial charge in [-0.15, -0.1) is 0 Å². The third-order valence-electron chi connectivity index (χ3n) is 6.66. The van der Waals surface area contributed by atoms with E-state index < -0.39 is 0 Å². The van der Waals surface area contributed by atoms with Gasteiger partial charge >= 0.3 is 0 Å². The summed E-state index contributed by atoms with van der Waals surface area (Å²) in [5, 5.41) is 3.09. The molecule has 2 aliphatic carbocycles. The summed E-state index contributed by atoms with van der Waals surface area (Å²) in [5.74, 6) is 1.49. The Balaban J connectivity index is 1.40. The van der Waals surface area contributed by atoms with Crippen LogP contribution < -0.4 is 5.32 Å². The molecule has 2 aromatic rings. The summed E-state index contributed by atoms with van der Waals surface area (Å²) in [6.45, 7) is 1.16. The summed E-state index contributed by atoms with van der Waals surface area (Å²) >= 11 is 0. The number of allylic oxidation sites excluding steroid dienone is 2. The van der Waals surface area contributed by atoms with E-state index in [0.717, 1.165) is 12.0 Å². The molecule has 1 saturated heterocycles. The average Bonchev–Trinajstić information content (AvgIpc) is 3.45. The van der Waals surface area contributed by atoms with Crippen LogP contribution in [0.5, 0.6) is 0 Å². The highest BCUT2D eigenvalue weighted by molar-refractivity contribution is 5.98. The van der Waals surface area contributed by atoms with E-state index in [1.54, 1.807) is 0 Å². The van der Waals surface area contributed by atoms with Gasteiger partial charge in [-0.25, -0.2) is 0 Å². The van der Waals surface area contributed by atoms with Gasteiger partial charge in [0.2, 0.25) is 5.91 Å². The van der Waals surface area contributed by atoms with Crippen molar-refractivity contribution in [2.45, 2.75) is 19.0 Å². The van der Waals surface area contributed by atoms with Crippen molar-refractivity contribution in [2.75, 3.05) is 6.54 Å². The van der Waals surface area contributed by atoms with Crippen LogP contribution in [0.15, 0.2) is 72.8 Å². The van der Waals surface area contributed by atoms with Crippen LogP contribution in [-0.2, 0) is 11.3 Å². The number of hydrogen-bond donors (Lipinski definition) is 1. The number of amides is 2. The molecule has 5 unspecified atom stereocenters. The zero-order valence-electron chi connectivity index (χ0n) is 15.7. The Hall–Kier alpha value is -2.88. The smallest absolute Gasteiger partial charge is 0.254 e. The van der Waals surface area contributed by atoms with Crippen LogP contribution in [-0.4, -0.2) is 29.3 Å². The molecule has 2 amide bonds.